The molecule has 0 unspecified atom stereocenters. The van der Waals surface area contributed by atoms with Crippen LogP contribution in [0.3, 0.4) is 0 Å². The third-order valence-electron chi connectivity index (χ3n) is 4.81. The van der Waals surface area contributed by atoms with Crippen LogP contribution < -0.4 is 10.2 Å². The van der Waals surface area contributed by atoms with Crippen molar-refractivity contribution in [3.05, 3.63) is 35.4 Å². The van der Waals surface area contributed by atoms with Gasteiger partial charge in [0.2, 0.25) is 5.91 Å². The van der Waals surface area contributed by atoms with E-state index >= 15 is 0 Å². The van der Waals surface area contributed by atoms with Gasteiger partial charge in [0, 0.05) is 18.5 Å². The van der Waals surface area contributed by atoms with Crippen LogP contribution in [-0.2, 0) is 9.53 Å². The van der Waals surface area contributed by atoms with E-state index in [1.807, 2.05) is 0 Å². The molecule has 23 heavy (non-hydrogen) atoms. The number of benzene rings is 1. The monoisotopic (exact) mass is 311 g/mol. The van der Waals surface area contributed by atoms with Crippen molar-refractivity contribution in [2.24, 2.45) is 0 Å². The second-order valence-electron chi connectivity index (χ2n) is 6.58. The van der Waals surface area contributed by atoms with Gasteiger partial charge in [-0.25, -0.2) is 4.98 Å². The van der Waals surface area contributed by atoms with Crippen molar-refractivity contribution < 1.29 is 9.53 Å². The van der Waals surface area contributed by atoms with Crippen LogP contribution in [0.2, 0.25) is 0 Å². The third-order valence-corrected chi connectivity index (χ3v) is 4.81. The molecule has 2 aliphatic rings. The number of fused-ring (bicyclic) bond motifs is 2. The van der Waals surface area contributed by atoms with Crippen molar-refractivity contribution in [3.8, 4) is 0 Å². The molecule has 2 aromatic rings. The molecule has 0 radical (unpaired) electrons. The summed E-state index contributed by atoms with van der Waals surface area (Å²) in [6.45, 7) is 6.05. The van der Waals surface area contributed by atoms with E-state index < -0.39 is 0 Å². The number of rotatable bonds is 1. The quantitative estimate of drug-likeness (QED) is 0.874. The topological polar surface area (TPSA) is 54.5 Å². The van der Waals surface area contributed by atoms with Crippen molar-refractivity contribution >= 4 is 22.6 Å². The number of anilines is 1. The third kappa shape index (κ3) is 2.65. The van der Waals surface area contributed by atoms with Crippen molar-refractivity contribution in [1.82, 2.24) is 10.3 Å². The van der Waals surface area contributed by atoms with Crippen LogP contribution in [-0.4, -0.2) is 42.7 Å². The Balaban J connectivity index is 1.65. The average Bonchev–Trinajstić information content (AvgIpc) is 2.53. The molecule has 2 aliphatic heterocycles. The van der Waals surface area contributed by atoms with E-state index in [1.165, 1.54) is 16.5 Å². The first-order valence-electron chi connectivity index (χ1n) is 8.14. The summed E-state index contributed by atoms with van der Waals surface area (Å²) in [6.07, 6.45) is 1.05. The van der Waals surface area contributed by atoms with Gasteiger partial charge in [-0.1, -0.05) is 12.1 Å². The lowest BCUT2D eigenvalue weighted by molar-refractivity contribution is -0.137. The second-order valence-corrected chi connectivity index (χ2v) is 6.58. The fourth-order valence-corrected chi connectivity index (χ4v) is 3.56. The van der Waals surface area contributed by atoms with Crippen molar-refractivity contribution in [1.29, 1.82) is 0 Å². The summed E-state index contributed by atoms with van der Waals surface area (Å²) < 4.78 is 5.63. The molecule has 5 nitrogen and oxygen atoms in total. The van der Waals surface area contributed by atoms with Gasteiger partial charge in [0.15, 0.2) is 0 Å². The zero-order valence-corrected chi connectivity index (χ0v) is 13.5. The van der Waals surface area contributed by atoms with E-state index in [-0.39, 0.29) is 24.7 Å². The van der Waals surface area contributed by atoms with Gasteiger partial charge >= 0.3 is 0 Å². The predicted molar refractivity (Wildman–Crippen MR) is 89.7 cm³/mol. The van der Waals surface area contributed by atoms with E-state index in [0.717, 1.165) is 30.8 Å². The minimum atomic E-state index is -0.0219. The Morgan fingerprint density at radius 1 is 1.30 bits per heavy atom. The van der Waals surface area contributed by atoms with Crippen LogP contribution in [0, 0.1) is 13.8 Å². The Hall–Kier alpha value is -2.14. The summed E-state index contributed by atoms with van der Waals surface area (Å²) >= 11 is 0. The molecule has 0 saturated carbocycles. The molecule has 1 N–H and O–H groups in total. The highest BCUT2D eigenvalue weighted by Crippen LogP contribution is 2.26. The molecule has 0 bridgehead atoms. The number of pyridine rings is 1. The van der Waals surface area contributed by atoms with Gasteiger partial charge in [-0.2, -0.15) is 0 Å². The maximum Gasteiger partial charge on any atom is 0.246 e. The van der Waals surface area contributed by atoms with E-state index in [4.69, 9.17) is 9.72 Å². The summed E-state index contributed by atoms with van der Waals surface area (Å²) in [5, 5.41) is 4.24. The number of morpholine rings is 1. The van der Waals surface area contributed by atoms with E-state index in [1.54, 1.807) is 0 Å². The number of carbonyl (C=O) groups is 1. The van der Waals surface area contributed by atoms with Crippen LogP contribution >= 0.6 is 0 Å². The maximum atomic E-state index is 11.6. The Bertz CT molecular complexity index is 774. The number of nitrogens with one attached hydrogen (secondary N) is 1. The number of ether oxygens (including phenoxy) is 1. The Morgan fingerprint density at radius 3 is 3.04 bits per heavy atom. The van der Waals surface area contributed by atoms with Gasteiger partial charge in [0.1, 0.15) is 12.4 Å². The number of aromatic nitrogens is 1. The molecule has 2 atom stereocenters. The molecule has 1 aromatic heterocycles. The fraction of sp³-hybridized carbons (Fsp3) is 0.444. The smallest absolute Gasteiger partial charge is 0.246 e. The van der Waals surface area contributed by atoms with Crippen LogP contribution in [0.1, 0.15) is 17.5 Å². The van der Waals surface area contributed by atoms with Crippen molar-refractivity contribution in [2.45, 2.75) is 32.4 Å². The fourth-order valence-electron chi connectivity index (χ4n) is 3.56. The van der Waals surface area contributed by atoms with Crippen LogP contribution in [0.4, 0.5) is 5.82 Å². The Kier molecular flexibility index (Phi) is 3.45. The number of piperidine rings is 1. The zero-order chi connectivity index (χ0) is 16.0. The Morgan fingerprint density at radius 2 is 2.17 bits per heavy atom. The van der Waals surface area contributed by atoms with E-state index in [2.05, 4.69) is 48.3 Å². The van der Waals surface area contributed by atoms with Gasteiger partial charge in [-0.15, -0.1) is 0 Å². The van der Waals surface area contributed by atoms with Crippen molar-refractivity contribution in [2.75, 3.05) is 24.6 Å². The van der Waals surface area contributed by atoms with E-state index in [0.29, 0.717) is 0 Å². The van der Waals surface area contributed by atoms with Gasteiger partial charge < -0.3 is 15.0 Å². The molecule has 4 rings (SSSR count). The first kappa shape index (κ1) is 14.5. The molecule has 2 saturated heterocycles. The summed E-state index contributed by atoms with van der Waals surface area (Å²) in [7, 11) is 0. The minimum absolute atomic E-state index is 0.0219. The minimum Gasteiger partial charge on any atom is -0.366 e. The summed E-state index contributed by atoms with van der Waals surface area (Å²) in [5.41, 5.74) is 3.48. The molecule has 5 heteroatoms. The largest absolute Gasteiger partial charge is 0.366 e. The standard InChI is InChI=1S/C18H21N3O2/c1-11-3-4-13-12(2)8-17(19-14(13)7-11)21-6-5-16-15(9-21)20-18(22)10-23-16/h3-4,7-8,15-16H,5-6,9-10H2,1-2H3,(H,20,22)/t15-,16+/m1/s1. The summed E-state index contributed by atoms with van der Waals surface area (Å²) in [5.74, 6) is 0.963. The number of hydrogen-bond acceptors (Lipinski definition) is 4. The molecular weight excluding hydrogens is 290 g/mol. The average molecular weight is 311 g/mol. The first-order valence-corrected chi connectivity index (χ1v) is 8.14. The first-order chi connectivity index (χ1) is 11.1. The highest BCUT2D eigenvalue weighted by molar-refractivity contribution is 5.84. The lowest BCUT2D eigenvalue weighted by atomic mass is 10.00. The number of nitrogens with zero attached hydrogens (tertiary/aromatic N) is 2. The van der Waals surface area contributed by atoms with Crippen molar-refractivity contribution in [3.63, 3.8) is 0 Å². The molecule has 0 spiro atoms. The maximum absolute atomic E-state index is 11.6. The number of amides is 1. The lowest BCUT2D eigenvalue weighted by Crippen LogP contribution is -2.60. The van der Waals surface area contributed by atoms with Gasteiger partial charge in [0.25, 0.3) is 0 Å². The molecule has 3 heterocycles. The van der Waals surface area contributed by atoms with Crippen LogP contribution in [0.15, 0.2) is 24.3 Å². The zero-order valence-electron chi connectivity index (χ0n) is 13.5. The molecule has 2 fully saturated rings. The highest BCUT2D eigenvalue weighted by atomic mass is 16.5. The Labute approximate surface area is 135 Å². The summed E-state index contributed by atoms with van der Waals surface area (Å²) in [4.78, 5) is 18.7. The summed E-state index contributed by atoms with van der Waals surface area (Å²) in [6, 6.07) is 8.59. The molecule has 120 valence electrons. The van der Waals surface area contributed by atoms with Gasteiger partial charge in [0.05, 0.1) is 17.7 Å². The van der Waals surface area contributed by atoms with E-state index in [9.17, 15) is 4.79 Å². The predicted octanol–water partition coefficient (Wildman–Crippen LogP) is 1.95. The second kappa shape index (κ2) is 5.49. The highest BCUT2D eigenvalue weighted by Gasteiger charge is 2.35. The number of hydrogen-bond donors (Lipinski definition) is 1. The molecule has 0 aliphatic carbocycles. The number of carbonyl (C=O) groups excluding carboxylic acids is 1. The molecule has 1 aromatic carbocycles. The normalized spacial score (nSPS) is 24.4. The van der Waals surface area contributed by atoms with Gasteiger partial charge in [-0.3, -0.25) is 4.79 Å². The molecular formula is C18H21N3O2. The molecule has 1 amide bonds. The number of aryl methyl sites for hydroxylation is 2. The lowest BCUT2D eigenvalue weighted by Gasteiger charge is -2.41. The SMILES string of the molecule is Cc1ccc2c(C)cc(N3CC[C@@H]4OCC(=O)N[C@@H]4C3)nc2c1. The van der Waals surface area contributed by atoms with Crippen LogP contribution in [0.25, 0.3) is 10.9 Å². The van der Waals surface area contributed by atoms with Crippen LogP contribution in [0.5, 0.6) is 0 Å². The van der Waals surface area contributed by atoms with Gasteiger partial charge in [-0.05, 0) is 43.5 Å².